The van der Waals surface area contributed by atoms with Gasteiger partial charge in [-0.2, -0.15) is 9.97 Å². The summed E-state index contributed by atoms with van der Waals surface area (Å²) in [6.45, 7) is 2.31. The molecule has 31 heteroatoms. The number of imidazole rings is 3. The fourth-order valence-electron chi connectivity index (χ4n) is 8.97. The first-order valence-corrected chi connectivity index (χ1v) is 27.8. The van der Waals surface area contributed by atoms with Gasteiger partial charge < -0.3 is 64.7 Å². The number of hydrogen-bond acceptors (Lipinski definition) is 22. The van der Waals surface area contributed by atoms with E-state index in [-0.39, 0.29) is 23.2 Å². The molecule has 12 aromatic heterocycles. The van der Waals surface area contributed by atoms with Gasteiger partial charge in [0, 0.05) is 49.4 Å². The molecule has 14 rings (SSSR count). The number of aromatic nitrogens is 18. The van der Waals surface area contributed by atoms with Crippen LogP contribution in [-0.2, 0) is 0 Å². The summed E-state index contributed by atoms with van der Waals surface area (Å²) >= 11 is 17.3. The number of methoxy groups -OCH3 is 3. The molecule has 0 amide bonds. The summed E-state index contributed by atoms with van der Waals surface area (Å²) in [6.07, 6.45) is 30.3. The molecule has 2 aliphatic rings. The van der Waals surface area contributed by atoms with E-state index in [2.05, 4.69) is 76.0 Å². The Morgan fingerprint density at radius 3 is 1.58 bits per heavy atom. The van der Waals surface area contributed by atoms with Crippen LogP contribution in [0.3, 0.4) is 0 Å². The monoisotopic (exact) mass is 1230 g/mol. The minimum Gasteiger partial charge on any atom is -0.495 e. The average molecular weight is 1230 g/mol. The van der Waals surface area contributed by atoms with E-state index in [1.807, 2.05) is 82.3 Å². The second kappa shape index (κ2) is 28.2. The predicted octanol–water partition coefficient (Wildman–Crippen LogP) is 7.36. The predicted molar refractivity (Wildman–Crippen MR) is 324 cm³/mol. The summed E-state index contributed by atoms with van der Waals surface area (Å²) in [5, 5.41) is 41.1. The van der Waals surface area contributed by atoms with Crippen molar-refractivity contribution in [2.75, 3.05) is 68.9 Å². The zero-order chi connectivity index (χ0) is 59.9. The molecule has 2 aliphatic heterocycles. The molecule has 2 fully saturated rings. The van der Waals surface area contributed by atoms with Crippen LogP contribution in [-0.4, -0.2) is 157 Å². The number of nitrogen functional groups attached to an aromatic ring is 1. The van der Waals surface area contributed by atoms with Crippen molar-refractivity contribution in [1.29, 1.82) is 0 Å². The highest BCUT2D eigenvalue weighted by atomic mass is 35.5. The quantitative estimate of drug-likeness (QED) is 0.0656. The number of anilines is 6. The number of nitrogens with two attached hydrogens (primary N) is 1. The molecule has 2 saturated heterocycles. The number of nitrogens with one attached hydrogen (secondary N) is 3. The van der Waals surface area contributed by atoms with Gasteiger partial charge in [0.05, 0.1) is 113 Å². The second-order valence-corrected chi connectivity index (χ2v) is 19.9. The summed E-state index contributed by atoms with van der Waals surface area (Å²) in [6, 6.07) is 17.3. The van der Waals surface area contributed by atoms with Gasteiger partial charge in [0.1, 0.15) is 70.2 Å². The number of aliphatic hydroxyl groups excluding tert-OH is 2. The molecule has 86 heavy (non-hydrogen) atoms. The molecule has 0 bridgehead atoms. The molecule has 2 atom stereocenters. The molecular weight excluding hydrogens is 1170 g/mol. The van der Waals surface area contributed by atoms with E-state index in [0.717, 1.165) is 66.0 Å². The molecule has 0 unspecified atom stereocenters. The van der Waals surface area contributed by atoms with Crippen LogP contribution in [0.15, 0.2) is 148 Å². The van der Waals surface area contributed by atoms with Gasteiger partial charge in [-0.3, -0.25) is 15.0 Å². The van der Waals surface area contributed by atoms with E-state index in [1.54, 1.807) is 114 Å². The SMILES string of the molecule is COc1cncc(-n2cnc(N)c2)c1.COc1cncc(-n2cnc(Nc3nc(Cl)nn4cccc34)c2)c1.COc1cncc(-n2cnc(Nc3nc(N4CCC[C@H]4CO)nn4cccc34)c2)c1.Clc1nc(Cl)c2cccn2n1.OC[C@@H]1CCCN1. The van der Waals surface area contributed by atoms with Crippen molar-refractivity contribution in [2.24, 2.45) is 0 Å². The molecule has 0 aliphatic carbocycles. The van der Waals surface area contributed by atoms with Crippen LogP contribution >= 0.6 is 34.8 Å². The largest absolute Gasteiger partial charge is 0.495 e. The summed E-state index contributed by atoms with van der Waals surface area (Å²) in [5.41, 5.74) is 10.5. The molecule has 0 radical (unpaired) electrons. The lowest BCUT2D eigenvalue weighted by Gasteiger charge is -2.23. The van der Waals surface area contributed by atoms with Gasteiger partial charge in [-0.05, 0) is 91.8 Å². The van der Waals surface area contributed by atoms with Crippen molar-refractivity contribution in [1.82, 2.24) is 92.7 Å². The van der Waals surface area contributed by atoms with E-state index >= 15 is 0 Å². The topological polar surface area (TPSA) is 316 Å². The van der Waals surface area contributed by atoms with E-state index in [4.69, 9.17) is 64.8 Å². The summed E-state index contributed by atoms with van der Waals surface area (Å²) in [5.74, 6) is 5.62. The zero-order valence-electron chi connectivity index (χ0n) is 46.5. The molecular formula is C55H58Cl3N23O5. The lowest BCUT2D eigenvalue weighted by atomic mass is 10.2. The number of aliphatic hydroxyl groups is 2. The lowest BCUT2D eigenvalue weighted by Crippen LogP contribution is -2.34. The molecule has 28 nitrogen and oxygen atoms in total. The Bertz CT molecular complexity index is 4140. The minimum absolute atomic E-state index is 0.0469. The van der Waals surface area contributed by atoms with Crippen LogP contribution in [0.4, 0.5) is 35.0 Å². The van der Waals surface area contributed by atoms with Crippen LogP contribution < -0.4 is 40.8 Å². The van der Waals surface area contributed by atoms with Crippen LogP contribution in [0, 0.1) is 0 Å². The van der Waals surface area contributed by atoms with Gasteiger partial charge in [-0.1, -0.05) is 11.6 Å². The minimum atomic E-state index is 0.0469. The number of fused-ring (bicyclic) bond motifs is 3. The maximum absolute atomic E-state index is 9.68. The standard InChI is InChI=1S/C20H22N8O2.C15H12ClN7O.C9H10N4O.C6H3Cl2N3.C5H11NO/c1-30-16-8-15(9-21-10-16)26-11-18(22-13-26)23-19-17-5-3-7-28(17)25-20(24-19)27-6-2-4-14(27)12-29;1-24-11-5-10(6-17-7-11)22-8-13(18-9-22)19-14-12-3-2-4-23(12)21-15(16)20-14;1-14-8-2-7(3-11-4-8)13-5-9(10)12-6-13;7-5-4-2-1-3-11(4)10-6(8)9-5;7-4-5-2-1-3-6-5/h3,5,7-11,13-14,29H,2,4,6,12H2,1H3,(H,23,24,25);2-9H,1H3,(H,19,20,21);2-6H,10H2,1H3;1-3H;5-7H,1-4H2/t14-;;;;5-/m0...0/s1. The smallest absolute Gasteiger partial charge is 0.245 e. The number of hydrogen-bond donors (Lipinski definition) is 6. The van der Waals surface area contributed by atoms with Gasteiger partial charge in [-0.25, -0.2) is 33.5 Å². The van der Waals surface area contributed by atoms with Crippen LogP contribution in [0.2, 0.25) is 15.7 Å². The van der Waals surface area contributed by atoms with Crippen molar-refractivity contribution in [3.8, 4) is 34.3 Å². The van der Waals surface area contributed by atoms with Crippen molar-refractivity contribution < 1.29 is 24.4 Å². The molecule has 7 N–H and O–H groups in total. The second-order valence-electron chi connectivity index (χ2n) is 18.9. The molecule has 12 aromatic rings. The Hall–Kier alpha value is -9.71. The third-order valence-corrected chi connectivity index (χ3v) is 13.8. The Kier molecular flexibility index (Phi) is 19.5. The number of nitrogens with zero attached hydrogens (tertiary/aromatic N) is 19. The van der Waals surface area contributed by atoms with Crippen molar-refractivity contribution in [3.05, 3.63) is 164 Å². The van der Waals surface area contributed by atoms with Gasteiger partial charge >= 0.3 is 0 Å². The maximum Gasteiger partial charge on any atom is 0.245 e. The van der Waals surface area contributed by atoms with Crippen LogP contribution in [0.25, 0.3) is 33.6 Å². The van der Waals surface area contributed by atoms with Crippen LogP contribution in [0.1, 0.15) is 25.7 Å². The first-order valence-electron chi connectivity index (χ1n) is 26.6. The first-order chi connectivity index (χ1) is 42.0. The molecule has 14 heterocycles. The van der Waals surface area contributed by atoms with E-state index in [0.29, 0.717) is 70.1 Å². The summed E-state index contributed by atoms with van der Waals surface area (Å²) in [4.78, 5) is 39.9. The highest BCUT2D eigenvalue weighted by Gasteiger charge is 2.27. The normalized spacial score (nSPS) is 14.3. The van der Waals surface area contributed by atoms with Crippen LogP contribution in [0.5, 0.6) is 17.2 Å². The summed E-state index contributed by atoms with van der Waals surface area (Å²) < 4.78 is 26.0. The van der Waals surface area contributed by atoms with E-state index in [1.165, 1.54) is 6.42 Å². The third kappa shape index (κ3) is 14.8. The van der Waals surface area contributed by atoms with Gasteiger partial charge in [0.2, 0.25) is 16.5 Å². The number of halogens is 3. The third-order valence-electron chi connectivity index (χ3n) is 13.3. The molecule has 0 aromatic carbocycles. The number of pyridine rings is 3. The van der Waals surface area contributed by atoms with Gasteiger partial charge in [0.25, 0.3) is 0 Å². The number of ether oxygens (including phenoxy) is 3. The van der Waals surface area contributed by atoms with E-state index in [9.17, 15) is 5.11 Å². The Morgan fingerprint density at radius 2 is 1.09 bits per heavy atom. The number of rotatable bonds is 13. The fourth-order valence-corrected chi connectivity index (χ4v) is 9.57. The molecule has 444 valence electrons. The Balaban J connectivity index is 0.000000130. The van der Waals surface area contributed by atoms with Gasteiger partial charge in [0.15, 0.2) is 16.8 Å². The maximum atomic E-state index is 9.68. The highest BCUT2D eigenvalue weighted by molar-refractivity contribution is 6.34. The van der Waals surface area contributed by atoms with Crippen molar-refractivity contribution in [3.63, 3.8) is 0 Å². The average Bonchev–Trinajstić information content (AvgIpc) is 4.54. The van der Waals surface area contributed by atoms with Gasteiger partial charge in [-0.15, -0.1) is 15.3 Å². The molecule has 0 spiro atoms. The fraction of sp³-hybridized carbons (Fsp3) is 0.236. The highest BCUT2D eigenvalue weighted by Crippen LogP contribution is 2.28. The molecule has 0 saturated carbocycles. The van der Waals surface area contributed by atoms with Crippen molar-refractivity contribution >= 4 is 86.4 Å². The van der Waals surface area contributed by atoms with Crippen molar-refractivity contribution in [2.45, 2.75) is 37.8 Å². The zero-order valence-corrected chi connectivity index (χ0v) is 48.8. The summed E-state index contributed by atoms with van der Waals surface area (Å²) in [7, 11) is 4.81. The lowest BCUT2D eigenvalue weighted by molar-refractivity contribution is 0.255. The Morgan fingerprint density at radius 1 is 0.593 bits per heavy atom. The first kappa shape index (κ1) is 59.4. The Labute approximate surface area is 505 Å². The van der Waals surface area contributed by atoms with E-state index < -0.39 is 0 Å².